The highest BCUT2D eigenvalue weighted by atomic mass is 15.3. The minimum absolute atomic E-state index is 0.382. The van der Waals surface area contributed by atoms with Crippen LogP contribution >= 0.6 is 0 Å². The molecule has 5 heteroatoms. The minimum atomic E-state index is 0.382. The first kappa shape index (κ1) is 11.8. The van der Waals surface area contributed by atoms with E-state index in [1.165, 1.54) is 5.56 Å². The Hall–Kier alpha value is -2.30. The topological polar surface area (TPSA) is 82.8 Å². The van der Waals surface area contributed by atoms with Crippen LogP contribution in [0.25, 0.3) is 21.9 Å². The van der Waals surface area contributed by atoms with Crippen molar-refractivity contribution in [1.82, 2.24) is 14.6 Å². The summed E-state index contributed by atoms with van der Waals surface area (Å²) in [7, 11) is 0. The smallest absolute Gasteiger partial charge is 0.152 e. The van der Waals surface area contributed by atoms with Gasteiger partial charge in [0.1, 0.15) is 16.9 Å². The third-order valence-corrected chi connectivity index (χ3v) is 3.50. The molecule has 0 radical (unpaired) electrons. The highest BCUT2D eigenvalue weighted by Gasteiger charge is 2.17. The van der Waals surface area contributed by atoms with Gasteiger partial charge in [0, 0.05) is 5.39 Å². The number of nitrogens with zero attached hydrogens (tertiary/aromatic N) is 3. The fourth-order valence-corrected chi connectivity index (χ4v) is 2.53. The van der Waals surface area contributed by atoms with E-state index in [0.717, 1.165) is 22.2 Å². The summed E-state index contributed by atoms with van der Waals surface area (Å²) in [5, 5.41) is 1.05. The van der Waals surface area contributed by atoms with Crippen molar-refractivity contribution < 1.29 is 0 Å². The van der Waals surface area contributed by atoms with E-state index < -0.39 is 0 Å². The summed E-state index contributed by atoms with van der Waals surface area (Å²) in [6, 6.07) is 6.06. The number of anilines is 1. The molecule has 0 unspecified atom stereocenters. The lowest BCUT2D eigenvalue weighted by atomic mass is 9.97. The van der Waals surface area contributed by atoms with Crippen LogP contribution in [-0.2, 0) is 0 Å². The lowest BCUT2D eigenvalue weighted by molar-refractivity contribution is 0.875. The number of fused-ring (bicyclic) bond motifs is 3. The molecule has 5 nitrogen and oxygen atoms in total. The second kappa shape index (κ2) is 3.85. The predicted molar refractivity (Wildman–Crippen MR) is 78.4 cm³/mol. The number of hydrogen-bond acceptors (Lipinski definition) is 4. The molecule has 4 N–H and O–H groups in total. The van der Waals surface area contributed by atoms with E-state index in [1.807, 2.05) is 19.1 Å². The monoisotopic (exact) mass is 255 g/mol. The van der Waals surface area contributed by atoms with Gasteiger partial charge in [-0.25, -0.2) is 14.6 Å². The van der Waals surface area contributed by atoms with Gasteiger partial charge in [0.05, 0.1) is 5.52 Å². The predicted octanol–water partition coefficient (Wildman–Crippen LogP) is 2.31. The molecule has 2 heterocycles. The van der Waals surface area contributed by atoms with Crippen LogP contribution in [0.5, 0.6) is 0 Å². The van der Waals surface area contributed by atoms with Crippen molar-refractivity contribution in [3.63, 3.8) is 0 Å². The number of aromatic nitrogens is 3. The van der Waals surface area contributed by atoms with E-state index in [4.69, 9.17) is 11.6 Å². The number of pyridine rings is 1. The van der Waals surface area contributed by atoms with E-state index in [2.05, 4.69) is 29.9 Å². The molecule has 0 aliphatic carbocycles. The maximum Gasteiger partial charge on any atom is 0.152 e. The van der Waals surface area contributed by atoms with Gasteiger partial charge in [0.15, 0.2) is 5.82 Å². The molecule has 3 aromatic rings. The molecule has 0 saturated heterocycles. The van der Waals surface area contributed by atoms with Gasteiger partial charge in [-0.2, -0.15) is 0 Å². The first-order chi connectivity index (χ1) is 9.00. The summed E-state index contributed by atoms with van der Waals surface area (Å²) >= 11 is 0. The number of hydrogen-bond donors (Lipinski definition) is 2. The minimum Gasteiger partial charge on any atom is -0.382 e. The van der Waals surface area contributed by atoms with Crippen molar-refractivity contribution in [2.45, 2.75) is 26.7 Å². The average Bonchev–Trinajstić information content (AvgIpc) is 2.66. The van der Waals surface area contributed by atoms with Crippen molar-refractivity contribution in [3.05, 3.63) is 29.6 Å². The zero-order valence-electron chi connectivity index (χ0n) is 11.3. The molecular weight excluding hydrogens is 238 g/mol. The Morgan fingerprint density at radius 1 is 1.21 bits per heavy atom. The van der Waals surface area contributed by atoms with Crippen LogP contribution in [0.3, 0.4) is 0 Å². The summed E-state index contributed by atoms with van der Waals surface area (Å²) in [6.07, 6.45) is 0. The summed E-state index contributed by atoms with van der Waals surface area (Å²) in [6.45, 7) is 6.17. The van der Waals surface area contributed by atoms with Gasteiger partial charge in [-0.15, -0.1) is 0 Å². The molecule has 1 aromatic carbocycles. The largest absolute Gasteiger partial charge is 0.382 e. The van der Waals surface area contributed by atoms with Crippen LogP contribution in [0.4, 0.5) is 5.82 Å². The molecule has 0 aliphatic heterocycles. The summed E-state index contributed by atoms with van der Waals surface area (Å²) < 4.78 is 1.60. The molecular formula is C14H17N5. The Balaban J connectivity index is 2.63. The van der Waals surface area contributed by atoms with Crippen molar-refractivity contribution in [2.24, 2.45) is 0 Å². The van der Waals surface area contributed by atoms with Gasteiger partial charge in [-0.05, 0) is 24.5 Å². The normalized spacial score (nSPS) is 11.8. The van der Waals surface area contributed by atoms with Gasteiger partial charge in [-0.3, -0.25) is 0 Å². The van der Waals surface area contributed by atoms with Crippen molar-refractivity contribution in [2.75, 3.05) is 11.6 Å². The zero-order chi connectivity index (χ0) is 13.7. The van der Waals surface area contributed by atoms with Crippen molar-refractivity contribution >= 4 is 27.8 Å². The highest BCUT2D eigenvalue weighted by Crippen LogP contribution is 2.32. The zero-order valence-corrected chi connectivity index (χ0v) is 11.3. The van der Waals surface area contributed by atoms with E-state index in [-0.39, 0.29) is 0 Å². The van der Waals surface area contributed by atoms with Gasteiger partial charge < -0.3 is 11.6 Å². The van der Waals surface area contributed by atoms with Crippen LogP contribution in [0, 0.1) is 6.92 Å². The number of rotatable bonds is 1. The van der Waals surface area contributed by atoms with Crippen LogP contribution in [0.1, 0.15) is 31.2 Å². The van der Waals surface area contributed by atoms with Crippen molar-refractivity contribution in [1.29, 1.82) is 0 Å². The third kappa shape index (κ3) is 1.54. The molecule has 0 atom stereocenters. The molecule has 3 rings (SSSR count). The van der Waals surface area contributed by atoms with E-state index in [9.17, 15) is 0 Å². The van der Waals surface area contributed by atoms with Crippen LogP contribution < -0.4 is 11.6 Å². The molecule has 0 bridgehead atoms. The average molecular weight is 255 g/mol. The van der Waals surface area contributed by atoms with E-state index in [1.54, 1.807) is 4.68 Å². The second-order valence-corrected chi connectivity index (χ2v) is 5.12. The van der Waals surface area contributed by atoms with Crippen molar-refractivity contribution in [3.8, 4) is 0 Å². The molecule has 19 heavy (non-hydrogen) atoms. The molecule has 2 aromatic heterocycles. The fourth-order valence-electron chi connectivity index (χ4n) is 2.53. The van der Waals surface area contributed by atoms with Gasteiger partial charge in [0.25, 0.3) is 0 Å². The number of aryl methyl sites for hydroxylation is 1. The lowest BCUT2D eigenvalue weighted by Gasteiger charge is -2.12. The van der Waals surface area contributed by atoms with Gasteiger partial charge >= 0.3 is 0 Å². The molecule has 0 spiro atoms. The molecule has 0 fully saturated rings. The molecule has 98 valence electrons. The van der Waals surface area contributed by atoms with Crippen LogP contribution in [0.15, 0.2) is 18.2 Å². The van der Waals surface area contributed by atoms with Crippen LogP contribution in [0.2, 0.25) is 0 Å². The Morgan fingerprint density at radius 3 is 2.63 bits per heavy atom. The fraction of sp³-hybridized carbons (Fsp3) is 0.286. The Kier molecular flexibility index (Phi) is 2.38. The third-order valence-electron chi connectivity index (χ3n) is 3.50. The summed E-state index contributed by atoms with van der Waals surface area (Å²) in [5.74, 6) is 7.65. The number of benzene rings is 1. The molecule has 0 amide bonds. The van der Waals surface area contributed by atoms with E-state index >= 15 is 0 Å². The SMILES string of the molecule is Cc1nc2c(N)nc3cccc(C(C)C)c3c2n1N. The van der Waals surface area contributed by atoms with E-state index in [0.29, 0.717) is 17.3 Å². The Labute approximate surface area is 111 Å². The summed E-state index contributed by atoms with van der Waals surface area (Å²) in [5.41, 5.74) is 9.61. The summed E-state index contributed by atoms with van der Waals surface area (Å²) in [4.78, 5) is 8.86. The molecule has 0 aliphatic rings. The first-order valence-electron chi connectivity index (χ1n) is 6.33. The van der Waals surface area contributed by atoms with Crippen LogP contribution in [-0.4, -0.2) is 14.6 Å². The van der Waals surface area contributed by atoms with Gasteiger partial charge in [-0.1, -0.05) is 26.0 Å². The molecule has 0 saturated carbocycles. The first-order valence-corrected chi connectivity index (χ1v) is 6.33. The number of imidazole rings is 1. The second-order valence-electron chi connectivity index (χ2n) is 5.12. The maximum atomic E-state index is 6.11. The quantitative estimate of drug-likeness (QED) is 0.654. The Morgan fingerprint density at radius 2 is 1.95 bits per heavy atom. The Bertz CT molecular complexity index is 785. The highest BCUT2D eigenvalue weighted by molar-refractivity contribution is 6.08. The standard InChI is InChI=1S/C14H17N5/c1-7(2)9-5-4-6-10-11(9)13-12(14(15)18-10)17-8(3)19(13)16/h4-7H,16H2,1-3H3,(H2,15,18). The number of nitrogens with two attached hydrogens (primary N) is 2. The number of nitrogen functional groups attached to an aromatic ring is 2. The maximum absolute atomic E-state index is 6.11. The van der Waals surface area contributed by atoms with Gasteiger partial charge in [0.2, 0.25) is 0 Å². The lowest BCUT2D eigenvalue weighted by Crippen LogP contribution is -2.10.